The van der Waals surface area contributed by atoms with Crippen molar-refractivity contribution in [3.05, 3.63) is 23.7 Å². The van der Waals surface area contributed by atoms with Crippen LogP contribution in [-0.2, 0) is 0 Å². The van der Waals surface area contributed by atoms with Crippen molar-refractivity contribution >= 4 is 0 Å². The molecule has 0 spiro atoms. The standard InChI is InChI=1S/C16H31N3O/c1-6-10-19(12-11-18(4)5)16(14(17)7-2)15-9-8-13(3)20-15/h8-9,14,16H,6-7,10-12,17H2,1-5H3. The van der Waals surface area contributed by atoms with Crippen molar-refractivity contribution in [1.82, 2.24) is 9.80 Å². The Labute approximate surface area is 123 Å². The molecule has 0 aliphatic heterocycles. The predicted molar refractivity (Wildman–Crippen MR) is 84.9 cm³/mol. The van der Waals surface area contributed by atoms with E-state index in [1.165, 1.54) is 0 Å². The maximum absolute atomic E-state index is 6.38. The molecule has 1 heterocycles. The number of likely N-dealkylation sites (N-methyl/N-ethyl adjacent to an activating group) is 1. The van der Waals surface area contributed by atoms with Crippen LogP contribution in [0.3, 0.4) is 0 Å². The third kappa shape index (κ3) is 4.93. The topological polar surface area (TPSA) is 45.6 Å². The van der Waals surface area contributed by atoms with E-state index in [0.29, 0.717) is 0 Å². The van der Waals surface area contributed by atoms with Crippen LogP contribution in [0.15, 0.2) is 16.5 Å². The molecule has 1 aromatic heterocycles. The lowest BCUT2D eigenvalue weighted by Gasteiger charge is -2.34. The quantitative estimate of drug-likeness (QED) is 0.756. The van der Waals surface area contributed by atoms with Gasteiger partial charge >= 0.3 is 0 Å². The van der Waals surface area contributed by atoms with Crippen molar-refractivity contribution in [2.45, 2.75) is 45.7 Å². The Bertz CT molecular complexity index is 376. The zero-order valence-electron chi connectivity index (χ0n) is 13.7. The van der Waals surface area contributed by atoms with Gasteiger partial charge in [-0.2, -0.15) is 0 Å². The van der Waals surface area contributed by atoms with Crippen LogP contribution in [0.5, 0.6) is 0 Å². The van der Waals surface area contributed by atoms with E-state index in [1.54, 1.807) is 0 Å². The van der Waals surface area contributed by atoms with Gasteiger partial charge in [0, 0.05) is 19.1 Å². The first kappa shape index (κ1) is 17.2. The summed E-state index contributed by atoms with van der Waals surface area (Å²) in [5, 5.41) is 0. The lowest BCUT2D eigenvalue weighted by Crippen LogP contribution is -2.43. The molecule has 0 saturated heterocycles. The molecule has 4 heteroatoms. The lowest BCUT2D eigenvalue weighted by molar-refractivity contribution is 0.135. The maximum atomic E-state index is 6.38. The number of rotatable bonds is 9. The number of nitrogens with two attached hydrogens (primary N) is 1. The smallest absolute Gasteiger partial charge is 0.122 e. The molecule has 2 atom stereocenters. The third-order valence-electron chi connectivity index (χ3n) is 3.67. The Morgan fingerprint density at radius 1 is 1.15 bits per heavy atom. The van der Waals surface area contributed by atoms with Crippen molar-refractivity contribution in [2.24, 2.45) is 5.73 Å². The van der Waals surface area contributed by atoms with Gasteiger partial charge in [0.1, 0.15) is 11.5 Å². The van der Waals surface area contributed by atoms with Crippen LogP contribution in [0.2, 0.25) is 0 Å². The van der Waals surface area contributed by atoms with Crippen molar-refractivity contribution in [3.63, 3.8) is 0 Å². The molecule has 0 bridgehead atoms. The highest BCUT2D eigenvalue weighted by Gasteiger charge is 2.27. The van der Waals surface area contributed by atoms with Gasteiger partial charge in [-0.05, 0) is 52.5 Å². The van der Waals surface area contributed by atoms with Gasteiger partial charge in [0.05, 0.1) is 6.04 Å². The minimum absolute atomic E-state index is 0.106. The van der Waals surface area contributed by atoms with E-state index in [-0.39, 0.29) is 12.1 Å². The molecule has 0 saturated carbocycles. The largest absolute Gasteiger partial charge is 0.465 e. The summed E-state index contributed by atoms with van der Waals surface area (Å²) in [6.07, 6.45) is 2.08. The number of aryl methyl sites for hydroxylation is 1. The number of hydrogen-bond donors (Lipinski definition) is 1. The Balaban J connectivity index is 2.92. The molecule has 2 unspecified atom stereocenters. The Morgan fingerprint density at radius 3 is 2.30 bits per heavy atom. The van der Waals surface area contributed by atoms with Crippen molar-refractivity contribution in [1.29, 1.82) is 0 Å². The summed E-state index contributed by atoms with van der Waals surface area (Å²) in [7, 11) is 4.21. The van der Waals surface area contributed by atoms with Crippen LogP contribution in [-0.4, -0.2) is 49.6 Å². The van der Waals surface area contributed by atoms with E-state index >= 15 is 0 Å². The zero-order chi connectivity index (χ0) is 15.1. The first-order chi connectivity index (χ1) is 9.49. The fourth-order valence-electron chi connectivity index (χ4n) is 2.50. The first-order valence-corrected chi connectivity index (χ1v) is 7.70. The molecular weight excluding hydrogens is 250 g/mol. The monoisotopic (exact) mass is 281 g/mol. The van der Waals surface area contributed by atoms with Gasteiger partial charge in [-0.3, -0.25) is 4.90 Å². The molecule has 0 aliphatic rings. The molecule has 0 aromatic carbocycles. The molecular formula is C16H31N3O. The first-order valence-electron chi connectivity index (χ1n) is 7.70. The van der Waals surface area contributed by atoms with Crippen LogP contribution in [0.4, 0.5) is 0 Å². The molecule has 0 amide bonds. The molecule has 20 heavy (non-hydrogen) atoms. The second-order valence-electron chi connectivity index (χ2n) is 5.80. The molecule has 2 N–H and O–H groups in total. The van der Waals surface area contributed by atoms with Gasteiger partial charge in [0.2, 0.25) is 0 Å². The third-order valence-corrected chi connectivity index (χ3v) is 3.67. The predicted octanol–water partition coefficient (Wildman–Crippen LogP) is 2.64. The average Bonchev–Trinajstić information content (AvgIpc) is 2.82. The number of hydrogen-bond acceptors (Lipinski definition) is 4. The van der Waals surface area contributed by atoms with Crippen molar-refractivity contribution < 1.29 is 4.42 Å². The molecule has 116 valence electrons. The zero-order valence-corrected chi connectivity index (χ0v) is 13.7. The van der Waals surface area contributed by atoms with E-state index < -0.39 is 0 Å². The van der Waals surface area contributed by atoms with Crippen LogP contribution in [0, 0.1) is 6.92 Å². The average molecular weight is 281 g/mol. The summed E-state index contributed by atoms with van der Waals surface area (Å²) in [5.74, 6) is 1.96. The highest BCUT2D eigenvalue weighted by molar-refractivity contribution is 5.12. The molecule has 0 radical (unpaired) electrons. The number of furan rings is 1. The van der Waals surface area contributed by atoms with Crippen LogP contribution < -0.4 is 5.73 Å². The van der Waals surface area contributed by atoms with Gasteiger partial charge in [-0.1, -0.05) is 13.8 Å². The molecule has 1 rings (SSSR count). The summed E-state index contributed by atoms with van der Waals surface area (Å²) < 4.78 is 5.87. The molecule has 1 aromatic rings. The van der Waals surface area contributed by atoms with Crippen LogP contribution in [0.25, 0.3) is 0 Å². The SMILES string of the molecule is CCCN(CCN(C)C)C(c1ccc(C)o1)C(N)CC. The molecule has 0 fully saturated rings. The van der Waals surface area contributed by atoms with E-state index in [2.05, 4.69) is 43.8 Å². The van der Waals surface area contributed by atoms with Crippen LogP contribution >= 0.6 is 0 Å². The highest BCUT2D eigenvalue weighted by atomic mass is 16.3. The fraction of sp³-hybridized carbons (Fsp3) is 0.750. The summed E-state index contributed by atoms with van der Waals surface area (Å²) in [4.78, 5) is 4.68. The Kier molecular flexibility index (Phi) is 7.27. The van der Waals surface area contributed by atoms with E-state index in [1.807, 2.05) is 13.0 Å². The van der Waals surface area contributed by atoms with Gasteiger partial charge in [0.15, 0.2) is 0 Å². The summed E-state index contributed by atoms with van der Waals surface area (Å²) in [6.45, 7) is 9.44. The normalized spacial score (nSPS) is 15.0. The van der Waals surface area contributed by atoms with Crippen LogP contribution in [0.1, 0.15) is 44.3 Å². The van der Waals surface area contributed by atoms with Gasteiger partial charge < -0.3 is 15.1 Å². The second-order valence-corrected chi connectivity index (χ2v) is 5.80. The van der Waals surface area contributed by atoms with Gasteiger partial charge in [0.25, 0.3) is 0 Å². The molecule has 0 aliphatic carbocycles. The highest BCUT2D eigenvalue weighted by Crippen LogP contribution is 2.27. The van der Waals surface area contributed by atoms with E-state index in [0.717, 1.165) is 44.0 Å². The van der Waals surface area contributed by atoms with Crippen molar-refractivity contribution in [3.8, 4) is 0 Å². The van der Waals surface area contributed by atoms with Crippen molar-refractivity contribution in [2.75, 3.05) is 33.7 Å². The molecule has 4 nitrogen and oxygen atoms in total. The summed E-state index contributed by atoms with van der Waals surface area (Å²) in [6, 6.07) is 4.39. The fourth-order valence-corrected chi connectivity index (χ4v) is 2.50. The number of nitrogens with zero attached hydrogens (tertiary/aromatic N) is 2. The minimum Gasteiger partial charge on any atom is -0.465 e. The van der Waals surface area contributed by atoms with Gasteiger partial charge in [-0.25, -0.2) is 0 Å². The second kappa shape index (κ2) is 8.45. The Hall–Kier alpha value is -0.840. The van der Waals surface area contributed by atoms with E-state index in [9.17, 15) is 0 Å². The maximum Gasteiger partial charge on any atom is 0.122 e. The summed E-state index contributed by atoms with van der Waals surface area (Å²) >= 11 is 0. The summed E-state index contributed by atoms with van der Waals surface area (Å²) in [5.41, 5.74) is 6.38. The van der Waals surface area contributed by atoms with E-state index in [4.69, 9.17) is 10.2 Å². The van der Waals surface area contributed by atoms with Gasteiger partial charge in [-0.15, -0.1) is 0 Å². The lowest BCUT2D eigenvalue weighted by atomic mass is 10.0. The minimum atomic E-state index is 0.106. The Morgan fingerprint density at radius 2 is 1.85 bits per heavy atom.